The van der Waals surface area contributed by atoms with Crippen molar-refractivity contribution in [1.82, 2.24) is 15.5 Å². The Hall–Kier alpha value is -1.39. The number of rotatable bonds is 5. The van der Waals surface area contributed by atoms with Crippen LogP contribution in [0.25, 0.3) is 0 Å². The predicted octanol–water partition coefficient (Wildman–Crippen LogP) is 2.08. The highest BCUT2D eigenvalue weighted by molar-refractivity contribution is 5.81. The van der Waals surface area contributed by atoms with E-state index in [1.807, 2.05) is 0 Å². The number of nitrogens with zero attached hydrogens (tertiary/aromatic N) is 1. The van der Waals surface area contributed by atoms with Crippen LogP contribution in [0.1, 0.15) is 36.8 Å². The number of carbonyl (C=O) groups excluding carboxylic acids is 1. The standard InChI is InChI=1S/C19H29N3O/c1-15-5-2-6-16(11-15)13-22-10-4-7-17(14-22)12-21-19(23)18-8-3-9-20-18/h2,5-6,11,17-18,20H,3-4,7-10,12-14H2,1H3,(H,21,23). The molecule has 126 valence electrons. The van der Waals surface area contributed by atoms with Gasteiger partial charge in [-0.2, -0.15) is 0 Å². The summed E-state index contributed by atoms with van der Waals surface area (Å²) in [7, 11) is 0. The zero-order valence-corrected chi connectivity index (χ0v) is 14.2. The smallest absolute Gasteiger partial charge is 0.237 e. The van der Waals surface area contributed by atoms with Crippen molar-refractivity contribution in [2.75, 3.05) is 26.2 Å². The third-order valence-electron chi connectivity index (χ3n) is 5.03. The maximum absolute atomic E-state index is 12.1. The van der Waals surface area contributed by atoms with E-state index in [0.29, 0.717) is 5.92 Å². The van der Waals surface area contributed by atoms with E-state index < -0.39 is 0 Å². The molecular formula is C19H29N3O. The second kappa shape index (κ2) is 7.93. The summed E-state index contributed by atoms with van der Waals surface area (Å²) < 4.78 is 0. The van der Waals surface area contributed by atoms with Gasteiger partial charge in [0, 0.05) is 19.6 Å². The minimum absolute atomic E-state index is 0.0435. The van der Waals surface area contributed by atoms with Crippen molar-refractivity contribution in [2.24, 2.45) is 5.92 Å². The maximum Gasteiger partial charge on any atom is 0.237 e. The summed E-state index contributed by atoms with van der Waals surface area (Å²) in [5, 5.41) is 6.43. The van der Waals surface area contributed by atoms with Crippen LogP contribution in [-0.4, -0.2) is 43.0 Å². The van der Waals surface area contributed by atoms with Gasteiger partial charge >= 0.3 is 0 Å². The summed E-state index contributed by atoms with van der Waals surface area (Å²) in [6.07, 6.45) is 4.55. The minimum Gasteiger partial charge on any atom is -0.354 e. The lowest BCUT2D eigenvalue weighted by molar-refractivity contribution is -0.123. The SMILES string of the molecule is Cc1cccc(CN2CCCC(CNC(=O)C3CCCN3)C2)c1. The number of benzene rings is 1. The Labute approximate surface area is 139 Å². The molecule has 3 rings (SSSR count). The van der Waals surface area contributed by atoms with Gasteiger partial charge < -0.3 is 10.6 Å². The summed E-state index contributed by atoms with van der Waals surface area (Å²) in [6.45, 7) is 7.23. The molecule has 2 unspecified atom stereocenters. The van der Waals surface area contributed by atoms with Crippen LogP contribution < -0.4 is 10.6 Å². The Bertz CT molecular complexity index is 525. The first-order valence-electron chi connectivity index (χ1n) is 9.00. The fraction of sp³-hybridized carbons (Fsp3) is 0.632. The third kappa shape index (κ3) is 4.79. The predicted molar refractivity (Wildman–Crippen MR) is 93.2 cm³/mol. The highest BCUT2D eigenvalue weighted by Gasteiger charge is 2.24. The Morgan fingerprint density at radius 1 is 1.35 bits per heavy atom. The molecule has 2 aliphatic rings. The summed E-state index contributed by atoms with van der Waals surface area (Å²) in [5.41, 5.74) is 2.72. The molecular weight excluding hydrogens is 286 g/mol. The average molecular weight is 315 g/mol. The molecule has 1 aromatic carbocycles. The van der Waals surface area contributed by atoms with Crippen molar-refractivity contribution in [1.29, 1.82) is 0 Å². The van der Waals surface area contributed by atoms with Gasteiger partial charge in [0.05, 0.1) is 6.04 Å². The van der Waals surface area contributed by atoms with Crippen LogP contribution in [0.5, 0.6) is 0 Å². The number of piperidine rings is 1. The second-order valence-corrected chi connectivity index (χ2v) is 7.13. The molecule has 2 heterocycles. The van der Waals surface area contributed by atoms with Gasteiger partial charge in [0.2, 0.25) is 5.91 Å². The van der Waals surface area contributed by atoms with Crippen LogP contribution in [0.4, 0.5) is 0 Å². The van der Waals surface area contributed by atoms with Crippen molar-refractivity contribution in [3.63, 3.8) is 0 Å². The number of aryl methyl sites for hydroxylation is 1. The molecule has 0 spiro atoms. The van der Waals surface area contributed by atoms with Crippen molar-refractivity contribution >= 4 is 5.91 Å². The van der Waals surface area contributed by atoms with Crippen LogP contribution in [0.3, 0.4) is 0 Å². The van der Waals surface area contributed by atoms with Crippen LogP contribution in [0.2, 0.25) is 0 Å². The number of nitrogens with one attached hydrogen (secondary N) is 2. The first-order chi connectivity index (χ1) is 11.2. The lowest BCUT2D eigenvalue weighted by atomic mass is 9.97. The molecule has 2 atom stereocenters. The maximum atomic E-state index is 12.1. The molecule has 2 saturated heterocycles. The van der Waals surface area contributed by atoms with Gasteiger partial charge in [0.15, 0.2) is 0 Å². The van der Waals surface area contributed by atoms with E-state index in [2.05, 4.69) is 46.7 Å². The topological polar surface area (TPSA) is 44.4 Å². The molecule has 1 amide bonds. The molecule has 2 N–H and O–H groups in total. The van der Waals surface area contributed by atoms with E-state index in [1.165, 1.54) is 30.5 Å². The van der Waals surface area contributed by atoms with Crippen molar-refractivity contribution in [3.8, 4) is 0 Å². The van der Waals surface area contributed by atoms with E-state index in [4.69, 9.17) is 0 Å². The molecule has 4 nitrogen and oxygen atoms in total. The Balaban J connectivity index is 1.45. The van der Waals surface area contributed by atoms with Gasteiger partial charge in [-0.1, -0.05) is 29.8 Å². The first kappa shape index (κ1) is 16.5. The van der Waals surface area contributed by atoms with E-state index in [1.54, 1.807) is 0 Å². The number of hydrogen-bond donors (Lipinski definition) is 2. The monoisotopic (exact) mass is 315 g/mol. The quantitative estimate of drug-likeness (QED) is 0.874. The van der Waals surface area contributed by atoms with Gasteiger partial charge in [0.25, 0.3) is 0 Å². The zero-order chi connectivity index (χ0) is 16.1. The lowest BCUT2D eigenvalue weighted by Gasteiger charge is -2.33. The molecule has 0 aliphatic carbocycles. The Morgan fingerprint density at radius 2 is 2.26 bits per heavy atom. The molecule has 4 heteroatoms. The van der Waals surface area contributed by atoms with Crippen LogP contribution in [-0.2, 0) is 11.3 Å². The van der Waals surface area contributed by atoms with Crippen molar-refractivity contribution in [2.45, 2.75) is 45.2 Å². The van der Waals surface area contributed by atoms with Crippen LogP contribution in [0, 0.1) is 12.8 Å². The van der Waals surface area contributed by atoms with Gasteiger partial charge in [-0.05, 0) is 57.2 Å². The van der Waals surface area contributed by atoms with Gasteiger partial charge in [-0.3, -0.25) is 9.69 Å². The number of hydrogen-bond acceptors (Lipinski definition) is 3. The average Bonchev–Trinajstić information content (AvgIpc) is 3.07. The second-order valence-electron chi connectivity index (χ2n) is 7.13. The molecule has 0 bridgehead atoms. The molecule has 0 saturated carbocycles. The third-order valence-corrected chi connectivity index (χ3v) is 5.03. The largest absolute Gasteiger partial charge is 0.354 e. The van der Waals surface area contributed by atoms with Crippen LogP contribution >= 0.6 is 0 Å². The Kier molecular flexibility index (Phi) is 5.68. The van der Waals surface area contributed by atoms with Crippen molar-refractivity contribution < 1.29 is 4.79 Å². The molecule has 0 aromatic heterocycles. The normalized spacial score (nSPS) is 25.4. The number of carbonyl (C=O) groups is 1. The molecule has 2 fully saturated rings. The van der Waals surface area contributed by atoms with E-state index >= 15 is 0 Å². The molecule has 1 aromatic rings. The molecule has 23 heavy (non-hydrogen) atoms. The van der Waals surface area contributed by atoms with E-state index in [9.17, 15) is 4.79 Å². The Morgan fingerprint density at radius 3 is 3.04 bits per heavy atom. The number of likely N-dealkylation sites (tertiary alicyclic amines) is 1. The van der Waals surface area contributed by atoms with Crippen molar-refractivity contribution in [3.05, 3.63) is 35.4 Å². The highest BCUT2D eigenvalue weighted by atomic mass is 16.2. The van der Waals surface area contributed by atoms with E-state index in [0.717, 1.165) is 39.0 Å². The van der Waals surface area contributed by atoms with Gasteiger partial charge in [-0.25, -0.2) is 0 Å². The lowest BCUT2D eigenvalue weighted by Crippen LogP contribution is -2.45. The summed E-state index contributed by atoms with van der Waals surface area (Å²) in [5.74, 6) is 0.775. The summed E-state index contributed by atoms with van der Waals surface area (Å²) in [6, 6.07) is 8.82. The fourth-order valence-corrected chi connectivity index (χ4v) is 3.81. The summed E-state index contributed by atoms with van der Waals surface area (Å²) >= 11 is 0. The molecule has 0 radical (unpaired) electrons. The van der Waals surface area contributed by atoms with E-state index in [-0.39, 0.29) is 11.9 Å². The minimum atomic E-state index is 0.0435. The highest BCUT2D eigenvalue weighted by Crippen LogP contribution is 2.18. The van der Waals surface area contributed by atoms with Gasteiger partial charge in [-0.15, -0.1) is 0 Å². The summed E-state index contributed by atoms with van der Waals surface area (Å²) in [4.78, 5) is 14.6. The van der Waals surface area contributed by atoms with Gasteiger partial charge in [0.1, 0.15) is 0 Å². The number of amides is 1. The zero-order valence-electron chi connectivity index (χ0n) is 14.2. The van der Waals surface area contributed by atoms with Crippen LogP contribution in [0.15, 0.2) is 24.3 Å². The molecule has 2 aliphatic heterocycles. The fourth-order valence-electron chi connectivity index (χ4n) is 3.81. The first-order valence-corrected chi connectivity index (χ1v) is 9.00.